The minimum atomic E-state index is -0.0835. The van der Waals surface area contributed by atoms with Gasteiger partial charge in [-0.1, -0.05) is 18.6 Å². The van der Waals surface area contributed by atoms with Gasteiger partial charge >= 0.3 is 6.03 Å². The van der Waals surface area contributed by atoms with E-state index in [1.54, 1.807) is 7.11 Å². The van der Waals surface area contributed by atoms with Crippen molar-refractivity contribution in [2.45, 2.75) is 51.0 Å². The average molecular weight is 369 g/mol. The number of aromatic nitrogens is 3. The largest absolute Gasteiger partial charge is 0.495 e. The van der Waals surface area contributed by atoms with Crippen molar-refractivity contribution in [3.63, 3.8) is 0 Å². The Morgan fingerprint density at radius 1 is 1.15 bits per heavy atom. The van der Waals surface area contributed by atoms with Gasteiger partial charge in [0.15, 0.2) is 0 Å². The van der Waals surface area contributed by atoms with Crippen molar-refractivity contribution in [1.82, 2.24) is 19.7 Å². The van der Waals surface area contributed by atoms with Gasteiger partial charge in [0.1, 0.15) is 17.4 Å². The monoisotopic (exact) mass is 369 g/mol. The first-order valence-electron chi connectivity index (χ1n) is 9.87. The summed E-state index contributed by atoms with van der Waals surface area (Å²) in [5.74, 6) is 3.09. The molecule has 2 aromatic rings. The average Bonchev–Trinajstić information content (AvgIpc) is 2.97. The summed E-state index contributed by atoms with van der Waals surface area (Å²) in [5, 5.41) is 11.9. The molecule has 0 bridgehead atoms. The van der Waals surface area contributed by atoms with Crippen LogP contribution in [0.3, 0.4) is 0 Å². The molecule has 2 amide bonds. The van der Waals surface area contributed by atoms with Crippen LogP contribution in [0.15, 0.2) is 24.3 Å². The number of rotatable bonds is 3. The maximum atomic E-state index is 12.8. The van der Waals surface area contributed by atoms with E-state index in [1.807, 2.05) is 29.2 Å². The predicted molar refractivity (Wildman–Crippen MR) is 103 cm³/mol. The van der Waals surface area contributed by atoms with E-state index in [0.717, 1.165) is 44.0 Å². The molecule has 0 saturated carbocycles. The van der Waals surface area contributed by atoms with Crippen molar-refractivity contribution in [2.75, 3.05) is 25.5 Å². The van der Waals surface area contributed by atoms with Gasteiger partial charge < -0.3 is 19.5 Å². The van der Waals surface area contributed by atoms with Crippen LogP contribution in [0.1, 0.15) is 49.7 Å². The van der Waals surface area contributed by atoms with Crippen LogP contribution >= 0.6 is 0 Å². The molecular weight excluding hydrogens is 342 g/mol. The number of methoxy groups -OCH3 is 1. The second kappa shape index (κ2) is 7.98. The van der Waals surface area contributed by atoms with Crippen molar-refractivity contribution in [3.05, 3.63) is 35.9 Å². The lowest BCUT2D eigenvalue weighted by Gasteiger charge is -2.32. The first-order valence-corrected chi connectivity index (χ1v) is 9.87. The van der Waals surface area contributed by atoms with Gasteiger partial charge in [-0.2, -0.15) is 0 Å². The molecule has 1 N–H and O–H groups in total. The Hall–Kier alpha value is -2.57. The molecule has 1 unspecified atom stereocenters. The fourth-order valence-electron chi connectivity index (χ4n) is 4.12. The molecule has 2 aliphatic heterocycles. The number of amides is 2. The zero-order valence-corrected chi connectivity index (χ0v) is 15.9. The minimum absolute atomic E-state index is 0.0835. The molecule has 1 atom stereocenters. The number of para-hydroxylation sites is 2. The summed E-state index contributed by atoms with van der Waals surface area (Å²) < 4.78 is 7.64. The minimum Gasteiger partial charge on any atom is -0.495 e. The van der Waals surface area contributed by atoms with Crippen LogP contribution in [0, 0.1) is 0 Å². The van der Waals surface area contributed by atoms with E-state index in [9.17, 15) is 4.79 Å². The zero-order chi connectivity index (χ0) is 18.6. The van der Waals surface area contributed by atoms with Gasteiger partial charge in [-0.25, -0.2) is 4.79 Å². The lowest BCUT2D eigenvalue weighted by atomic mass is 9.97. The number of hydrogen-bond acceptors (Lipinski definition) is 4. The summed E-state index contributed by atoms with van der Waals surface area (Å²) in [6.07, 6.45) is 6.67. The van der Waals surface area contributed by atoms with E-state index in [1.165, 1.54) is 19.3 Å². The van der Waals surface area contributed by atoms with Gasteiger partial charge in [0.2, 0.25) is 0 Å². The molecule has 1 aromatic carbocycles. The second-order valence-corrected chi connectivity index (χ2v) is 7.35. The van der Waals surface area contributed by atoms with Gasteiger partial charge in [0.25, 0.3) is 0 Å². The van der Waals surface area contributed by atoms with Gasteiger partial charge in [-0.05, 0) is 37.8 Å². The van der Waals surface area contributed by atoms with E-state index >= 15 is 0 Å². The first-order chi connectivity index (χ1) is 13.3. The summed E-state index contributed by atoms with van der Waals surface area (Å²) in [5.41, 5.74) is 0.698. The molecule has 0 spiro atoms. The van der Waals surface area contributed by atoms with E-state index in [4.69, 9.17) is 4.74 Å². The van der Waals surface area contributed by atoms with Crippen LogP contribution in [0.4, 0.5) is 10.5 Å². The maximum absolute atomic E-state index is 12.8. The lowest BCUT2D eigenvalue weighted by Crippen LogP contribution is -2.42. The Morgan fingerprint density at radius 3 is 2.93 bits per heavy atom. The van der Waals surface area contributed by atoms with Crippen molar-refractivity contribution >= 4 is 11.7 Å². The number of piperidine rings is 1. The molecule has 7 nitrogen and oxygen atoms in total. The number of hydrogen-bond donors (Lipinski definition) is 1. The number of benzene rings is 1. The number of aryl methyl sites for hydroxylation is 1. The van der Waals surface area contributed by atoms with E-state index in [-0.39, 0.29) is 11.9 Å². The fourth-order valence-corrected chi connectivity index (χ4v) is 4.12. The third-order valence-corrected chi connectivity index (χ3v) is 5.56. The fraction of sp³-hybridized carbons (Fsp3) is 0.550. The Morgan fingerprint density at radius 2 is 2.04 bits per heavy atom. The van der Waals surface area contributed by atoms with E-state index < -0.39 is 0 Å². The number of nitrogens with one attached hydrogen (secondary N) is 1. The highest BCUT2D eigenvalue weighted by Gasteiger charge is 2.29. The van der Waals surface area contributed by atoms with Crippen LogP contribution < -0.4 is 10.1 Å². The molecule has 1 saturated heterocycles. The third kappa shape index (κ3) is 3.77. The smallest absolute Gasteiger partial charge is 0.321 e. The quantitative estimate of drug-likeness (QED) is 0.900. The van der Waals surface area contributed by atoms with E-state index in [2.05, 4.69) is 20.1 Å². The number of carbonyl (C=O) groups is 1. The Labute approximate surface area is 159 Å². The lowest BCUT2D eigenvalue weighted by molar-refractivity contribution is 0.190. The van der Waals surface area contributed by atoms with Crippen molar-refractivity contribution in [1.29, 1.82) is 0 Å². The zero-order valence-electron chi connectivity index (χ0n) is 15.9. The van der Waals surface area contributed by atoms with Crippen LogP contribution in [0.5, 0.6) is 5.75 Å². The Balaban J connectivity index is 1.47. The van der Waals surface area contributed by atoms with Crippen molar-refractivity contribution in [2.24, 2.45) is 0 Å². The highest BCUT2D eigenvalue weighted by atomic mass is 16.5. The molecule has 3 heterocycles. The first kappa shape index (κ1) is 17.8. The molecule has 7 heteroatoms. The SMILES string of the molecule is COc1ccccc1NC(=O)N1CCCC(c2nnc3n2CCCCC3)C1. The van der Waals surface area contributed by atoms with Crippen LogP contribution in [0.25, 0.3) is 0 Å². The number of fused-ring (bicyclic) bond motifs is 1. The van der Waals surface area contributed by atoms with Crippen molar-refractivity contribution < 1.29 is 9.53 Å². The topological polar surface area (TPSA) is 72.3 Å². The molecule has 0 aliphatic carbocycles. The van der Waals surface area contributed by atoms with Crippen LogP contribution in [0.2, 0.25) is 0 Å². The van der Waals surface area contributed by atoms with Gasteiger partial charge in [-0.3, -0.25) is 0 Å². The third-order valence-electron chi connectivity index (χ3n) is 5.56. The summed E-state index contributed by atoms with van der Waals surface area (Å²) in [6.45, 7) is 2.44. The molecule has 2 aliphatic rings. The number of nitrogens with zero attached hydrogens (tertiary/aromatic N) is 4. The summed E-state index contributed by atoms with van der Waals surface area (Å²) in [6, 6.07) is 7.40. The standard InChI is InChI=1S/C20H27N5O2/c1-27-17-10-5-4-9-16(17)21-20(26)24-12-7-8-15(14-24)19-23-22-18-11-3-2-6-13-25(18)19/h4-5,9-10,15H,2-3,6-8,11-14H2,1H3,(H,21,26). The van der Waals surface area contributed by atoms with Gasteiger partial charge in [0.05, 0.1) is 12.8 Å². The molecule has 0 radical (unpaired) electrons. The second-order valence-electron chi connectivity index (χ2n) is 7.35. The molecule has 1 fully saturated rings. The number of likely N-dealkylation sites (tertiary alicyclic amines) is 1. The number of carbonyl (C=O) groups excluding carboxylic acids is 1. The number of anilines is 1. The van der Waals surface area contributed by atoms with Crippen molar-refractivity contribution in [3.8, 4) is 5.75 Å². The van der Waals surface area contributed by atoms with Gasteiger partial charge in [0, 0.05) is 32.0 Å². The number of urea groups is 1. The normalized spacial score (nSPS) is 19.9. The Bertz CT molecular complexity index is 803. The molecular formula is C20H27N5O2. The molecule has 4 rings (SSSR count). The highest BCUT2D eigenvalue weighted by molar-refractivity contribution is 5.91. The maximum Gasteiger partial charge on any atom is 0.321 e. The summed E-state index contributed by atoms with van der Waals surface area (Å²) in [7, 11) is 1.61. The Kier molecular flexibility index (Phi) is 5.27. The molecule has 1 aromatic heterocycles. The van der Waals surface area contributed by atoms with Crippen LogP contribution in [-0.2, 0) is 13.0 Å². The summed E-state index contributed by atoms with van der Waals surface area (Å²) >= 11 is 0. The molecule has 144 valence electrons. The summed E-state index contributed by atoms with van der Waals surface area (Å²) in [4.78, 5) is 14.7. The predicted octanol–water partition coefficient (Wildman–Crippen LogP) is 3.42. The molecule has 27 heavy (non-hydrogen) atoms. The van der Waals surface area contributed by atoms with Crippen LogP contribution in [-0.4, -0.2) is 45.9 Å². The van der Waals surface area contributed by atoms with Gasteiger partial charge in [-0.15, -0.1) is 10.2 Å². The number of ether oxygens (including phenoxy) is 1. The van der Waals surface area contributed by atoms with E-state index in [0.29, 0.717) is 18.0 Å². The highest BCUT2D eigenvalue weighted by Crippen LogP contribution is 2.29.